The van der Waals surface area contributed by atoms with Gasteiger partial charge in [-0.2, -0.15) is 10.2 Å². The Morgan fingerprint density at radius 3 is 2.50 bits per heavy atom. The second-order valence-electron chi connectivity index (χ2n) is 4.65. The monoisotopic (exact) mass is 247 g/mol. The van der Waals surface area contributed by atoms with Gasteiger partial charge >= 0.3 is 0 Å². The average molecular weight is 247 g/mol. The molecule has 0 aliphatic carbocycles. The summed E-state index contributed by atoms with van der Waals surface area (Å²) in [7, 11) is 3.92. The van der Waals surface area contributed by atoms with Crippen LogP contribution in [0.15, 0.2) is 12.4 Å². The van der Waals surface area contributed by atoms with E-state index in [1.165, 1.54) is 16.8 Å². The van der Waals surface area contributed by atoms with E-state index < -0.39 is 0 Å². The summed E-state index contributed by atoms with van der Waals surface area (Å²) in [5.41, 5.74) is 4.71. The fraction of sp³-hybridized carbons (Fsp3) is 0.538. The molecule has 0 radical (unpaired) electrons. The van der Waals surface area contributed by atoms with Crippen LogP contribution in [0.3, 0.4) is 0 Å². The summed E-state index contributed by atoms with van der Waals surface area (Å²) in [5, 5.41) is 12.3. The number of aromatic nitrogens is 4. The van der Waals surface area contributed by atoms with Crippen LogP contribution in [0.2, 0.25) is 0 Å². The van der Waals surface area contributed by atoms with Crippen LogP contribution in [0.25, 0.3) is 0 Å². The van der Waals surface area contributed by atoms with Gasteiger partial charge in [0.2, 0.25) is 0 Å². The maximum atomic E-state index is 4.50. The lowest BCUT2D eigenvalue weighted by molar-refractivity contribution is 0.622. The largest absolute Gasteiger partial charge is 0.306 e. The molecule has 0 saturated carbocycles. The summed E-state index contributed by atoms with van der Waals surface area (Å²) in [5.74, 6) is 0. The first-order valence-electron chi connectivity index (χ1n) is 6.26. The number of hydrogen-bond acceptors (Lipinski definition) is 3. The Labute approximate surface area is 108 Å². The minimum atomic E-state index is 0.164. The molecular weight excluding hydrogens is 226 g/mol. The molecule has 98 valence electrons. The van der Waals surface area contributed by atoms with Crippen LogP contribution in [-0.4, -0.2) is 26.1 Å². The number of nitrogens with one attached hydrogen (secondary N) is 1. The van der Waals surface area contributed by atoms with Crippen molar-refractivity contribution in [3.8, 4) is 0 Å². The molecule has 5 nitrogen and oxygen atoms in total. The van der Waals surface area contributed by atoms with E-state index in [4.69, 9.17) is 0 Å². The van der Waals surface area contributed by atoms with Crippen LogP contribution in [0, 0.1) is 13.8 Å². The molecule has 0 fully saturated rings. The van der Waals surface area contributed by atoms with Gasteiger partial charge in [-0.15, -0.1) is 0 Å². The Morgan fingerprint density at radius 1 is 1.33 bits per heavy atom. The molecule has 1 N–H and O–H groups in total. The Kier molecular flexibility index (Phi) is 3.52. The molecular formula is C13H21N5. The highest BCUT2D eigenvalue weighted by atomic mass is 15.3. The molecule has 0 spiro atoms. The van der Waals surface area contributed by atoms with Crippen molar-refractivity contribution in [2.45, 2.75) is 26.8 Å². The molecule has 1 atom stereocenters. The van der Waals surface area contributed by atoms with E-state index in [1.54, 1.807) is 0 Å². The lowest BCUT2D eigenvalue weighted by atomic mass is 9.99. The Morgan fingerprint density at radius 2 is 2.06 bits per heavy atom. The van der Waals surface area contributed by atoms with Gasteiger partial charge in [-0.25, -0.2) is 0 Å². The van der Waals surface area contributed by atoms with Gasteiger partial charge < -0.3 is 5.32 Å². The van der Waals surface area contributed by atoms with Gasteiger partial charge in [0.1, 0.15) is 0 Å². The first kappa shape index (κ1) is 12.8. The standard InChI is InChI=1S/C13H21N5/c1-6-14-13(11-7-15-17(4)8-11)12-9(2)16-18(5)10(12)3/h7-8,13-14H,6H2,1-5H3. The van der Waals surface area contributed by atoms with E-state index in [-0.39, 0.29) is 6.04 Å². The number of rotatable bonds is 4. The average Bonchev–Trinajstić information content (AvgIpc) is 2.83. The van der Waals surface area contributed by atoms with Crippen molar-refractivity contribution in [2.75, 3.05) is 6.54 Å². The third kappa shape index (κ3) is 2.18. The number of hydrogen-bond donors (Lipinski definition) is 1. The highest BCUT2D eigenvalue weighted by Gasteiger charge is 2.22. The predicted molar refractivity (Wildman–Crippen MR) is 71.4 cm³/mol. The lowest BCUT2D eigenvalue weighted by Gasteiger charge is -2.17. The van der Waals surface area contributed by atoms with Gasteiger partial charge in [-0.3, -0.25) is 9.36 Å². The molecule has 0 amide bonds. The van der Waals surface area contributed by atoms with Crippen molar-refractivity contribution in [3.63, 3.8) is 0 Å². The first-order chi connectivity index (χ1) is 8.54. The normalized spacial score (nSPS) is 12.9. The molecule has 0 aliphatic rings. The van der Waals surface area contributed by atoms with Crippen LogP contribution in [0.1, 0.15) is 35.5 Å². The van der Waals surface area contributed by atoms with Gasteiger partial charge in [0.15, 0.2) is 0 Å². The lowest BCUT2D eigenvalue weighted by Crippen LogP contribution is -2.22. The van der Waals surface area contributed by atoms with Gasteiger partial charge in [0.25, 0.3) is 0 Å². The number of aryl methyl sites for hydroxylation is 3. The molecule has 2 aromatic heterocycles. The van der Waals surface area contributed by atoms with Crippen molar-refractivity contribution in [3.05, 3.63) is 34.9 Å². The van der Waals surface area contributed by atoms with Crippen LogP contribution in [-0.2, 0) is 14.1 Å². The summed E-state index contributed by atoms with van der Waals surface area (Å²) in [4.78, 5) is 0. The Hall–Kier alpha value is -1.62. The SMILES string of the molecule is CCNC(c1cnn(C)c1)c1c(C)nn(C)c1C. The van der Waals surface area contributed by atoms with E-state index in [9.17, 15) is 0 Å². The van der Waals surface area contributed by atoms with Crippen LogP contribution in [0.5, 0.6) is 0 Å². The zero-order valence-corrected chi connectivity index (χ0v) is 11.7. The van der Waals surface area contributed by atoms with Crippen molar-refractivity contribution >= 4 is 0 Å². The van der Waals surface area contributed by atoms with E-state index in [0.717, 1.165) is 12.2 Å². The van der Waals surface area contributed by atoms with Crippen molar-refractivity contribution in [1.29, 1.82) is 0 Å². The third-order valence-electron chi connectivity index (χ3n) is 3.32. The summed E-state index contributed by atoms with van der Waals surface area (Å²) >= 11 is 0. The smallest absolute Gasteiger partial charge is 0.0647 e. The molecule has 18 heavy (non-hydrogen) atoms. The van der Waals surface area contributed by atoms with E-state index in [2.05, 4.69) is 42.5 Å². The van der Waals surface area contributed by atoms with Crippen LogP contribution >= 0.6 is 0 Å². The molecule has 2 aromatic rings. The summed E-state index contributed by atoms with van der Waals surface area (Å²) in [6.07, 6.45) is 3.97. The van der Waals surface area contributed by atoms with E-state index in [0.29, 0.717) is 0 Å². The van der Waals surface area contributed by atoms with Crippen LogP contribution < -0.4 is 5.32 Å². The van der Waals surface area contributed by atoms with E-state index >= 15 is 0 Å². The molecule has 0 aliphatic heterocycles. The highest BCUT2D eigenvalue weighted by Crippen LogP contribution is 2.26. The van der Waals surface area contributed by atoms with Crippen molar-refractivity contribution in [2.24, 2.45) is 14.1 Å². The fourth-order valence-electron chi connectivity index (χ4n) is 2.39. The zero-order chi connectivity index (χ0) is 13.3. The maximum Gasteiger partial charge on any atom is 0.0647 e. The minimum absolute atomic E-state index is 0.164. The molecule has 1 unspecified atom stereocenters. The van der Waals surface area contributed by atoms with Gasteiger partial charge in [-0.1, -0.05) is 6.92 Å². The topological polar surface area (TPSA) is 47.7 Å². The highest BCUT2D eigenvalue weighted by molar-refractivity contribution is 5.35. The maximum absolute atomic E-state index is 4.50. The molecule has 2 rings (SSSR count). The summed E-state index contributed by atoms with van der Waals surface area (Å²) in [6.45, 7) is 7.19. The molecule has 2 heterocycles. The molecule has 0 bridgehead atoms. The van der Waals surface area contributed by atoms with Crippen molar-refractivity contribution < 1.29 is 0 Å². The summed E-state index contributed by atoms with van der Waals surface area (Å²) < 4.78 is 3.77. The Bertz CT molecular complexity index is 538. The molecule has 0 saturated heterocycles. The first-order valence-corrected chi connectivity index (χ1v) is 6.26. The summed E-state index contributed by atoms with van der Waals surface area (Å²) in [6, 6.07) is 0.164. The number of nitrogens with zero attached hydrogens (tertiary/aromatic N) is 4. The van der Waals surface area contributed by atoms with Gasteiger partial charge in [0.05, 0.1) is 17.9 Å². The van der Waals surface area contributed by atoms with Gasteiger partial charge in [-0.05, 0) is 20.4 Å². The Balaban J connectivity index is 2.47. The van der Waals surface area contributed by atoms with Gasteiger partial charge in [0, 0.05) is 37.1 Å². The van der Waals surface area contributed by atoms with Crippen LogP contribution in [0.4, 0.5) is 0 Å². The quantitative estimate of drug-likeness (QED) is 0.890. The molecule has 0 aromatic carbocycles. The zero-order valence-electron chi connectivity index (χ0n) is 11.7. The second-order valence-corrected chi connectivity index (χ2v) is 4.65. The minimum Gasteiger partial charge on any atom is -0.306 e. The fourth-order valence-corrected chi connectivity index (χ4v) is 2.39. The third-order valence-corrected chi connectivity index (χ3v) is 3.32. The molecule has 5 heteroatoms. The van der Waals surface area contributed by atoms with Crippen molar-refractivity contribution in [1.82, 2.24) is 24.9 Å². The predicted octanol–water partition coefficient (Wildman–Crippen LogP) is 1.47. The second kappa shape index (κ2) is 4.94. The van der Waals surface area contributed by atoms with E-state index in [1.807, 2.05) is 29.7 Å².